The van der Waals surface area contributed by atoms with Crippen molar-refractivity contribution < 1.29 is 14.6 Å². The number of rotatable bonds is 4. The van der Waals surface area contributed by atoms with Gasteiger partial charge in [0.05, 0.1) is 12.7 Å². The second-order valence-electron chi connectivity index (χ2n) is 3.89. The molecule has 0 amide bonds. The molecule has 2 rings (SSSR count). The fourth-order valence-electron chi connectivity index (χ4n) is 1.67. The third kappa shape index (κ3) is 2.69. The number of hydrogen-bond donors (Lipinski definition) is 1. The van der Waals surface area contributed by atoms with Crippen LogP contribution in [0.2, 0.25) is 0 Å². The van der Waals surface area contributed by atoms with Crippen LogP contribution in [0.25, 0.3) is 0 Å². The van der Waals surface area contributed by atoms with E-state index in [0.717, 1.165) is 11.3 Å². The Morgan fingerprint density at radius 2 is 2.00 bits per heavy atom. The van der Waals surface area contributed by atoms with Gasteiger partial charge in [0.15, 0.2) is 5.78 Å². The second kappa shape index (κ2) is 5.36. The average Bonchev–Trinajstić information content (AvgIpc) is 2.40. The lowest BCUT2D eigenvalue weighted by atomic mass is 10.0. The van der Waals surface area contributed by atoms with Crippen molar-refractivity contribution in [3.05, 3.63) is 59.7 Å². The monoisotopic (exact) mass is 241 g/mol. The van der Waals surface area contributed by atoms with Gasteiger partial charge in [-0.3, -0.25) is 4.79 Å². The first kappa shape index (κ1) is 12.2. The van der Waals surface area contributed by atoms with Crippen LogP contribution < -0.4 is 4.74 Å². The van der Waals surface area contributed by atoms with Crippen molar-refractivity contribution >= 4 is 5.78 Å². The van der Waals surface area contributed by atoms with Gasteiger partial charge in [-0.05, 0) is 35.9 Å². The van der Waals surface area contributed by atoms with Gasteiger partial charge in [-0.2, -0.15) is 0 Å². The Kier molecular flexibility index (Phi) is 3.63. The van der Waals surface area contributed by atoms with Gasteiger partial charge < -0.3 is 9.84 Å². The molecule has 0 saturated heterocycles. The van der Waals surface area contributed by atoms with Gasteiger partial charge in [0.25, 0.3) is 0 Å². The van der Waals surface area contributed by atoms with Gasteiger partial charge in [-0.15, -0.1) is 0 Å². The lowest BCUT2D eigenvalue weighted by Crippen LogP contribution is -2.03. The van der Waals surface area contributed by atoms with Crippen LogP contribution in [0.15, 0.2) is 42.5 Å². The van der Waals surface area contributed by atoms with Crippen molar-refractivity contribution in [2.24, 2.45) is 0 Å². The Hall–Kier alpha value is -2.29. The number of carbonyl (C=O) groups excluding carboxylic acids is 1. The van der Waals surface area contributed by atoms with E-state index in [9.17, 15) is 9.90 Å². The third-order valence-electron chi connectivity index (χ3n) is 2.67. The van der Waals surface area contributed by atoms with Crippen LogP contribution in [-0.2, 0) is 6.42 Å². The molecule has 2 aromatic rings. The minimum Gasteiger partial charge on any atom is -0.507 e. The van der Waals surface area contributed by atoms with Gasteiger partial charge in [0, 0.05) is 6.42 Å². The molecule has 1 N–H and O–H groups in total. The summed E-state index contributed by atoms with van der Waals surface area (Å²) in [6.45, 7) is 0. The molecule has 2 aromatic carbocycles. The summed E-state index contributed by atoms with van der Waals surface area (Å²) < 4.78 is 5.05. The molecule has 0 aliphatic heterocycles. The molecule has 0 aromatic heterocycles. The van der Waals surface area contributed by atoms with Crippen LogP contribution in [0.4, 0.5) is 0 Å². The zero-order valence-corrected chi connectivity index (χ0v) is 10.0. The summed E-state index contributed by atoms with van der Waals surface area (Å²) in [5.74, 6) is 0.615. The standard InChI is InChI=1S/C15H13O3/c1-18-12-8-6-11(7-9-12)10-15(17)13-4-2-3-5-14(13)16/h3-9,16H,10H2,1H3. The Balaban J connectivity index is 2.14. The number of Topliss-reactive ketones (excluding diaryl/α,β-unsaturated/α-hetero) is 1. The van der Waals surface area contributed by atoms with E-state index in [1.807, 2.05) is 12.1 Å². The summed E-state index contributed by atoms with van der Waals surface area (Å²) in [7, 11) is 1.60. The summed E-state index contributed by atoms with van der Waals surface area (Å²) in [5, 5.41) is 9.58. The van der Waals surface area contributed by atoms with Crippen LogP contribution >= 0.6 is 0 Å². The maximum atomic E-state index is 12.0. The molecule has 0 fully saturated rings. The first-order chi connectivity index (χ1) is 8.70. The van der Waals surface area contributed by atoms with Crippen LogP contribution in [0.1, 0.15) is 15.9 Å². The zero-order valence-electron chi connectivity index (χ0n) is 10.0. The number of aromatic hydroxyl groups is 1. The van der Waals surface area contributed by atoms with Crippen molar-refractivity contribution in [3.63, 3.8) is 0 Å². The first-order valence-electron chi connectivity index (χ1n) is 5.56. The fraction of sp³-hybridized carbons (Fsp3) is 0.133. The maximum Gasteiger partial charge on any atom is 0.170 e. The normalized spacial score (nSPS) is 10.1. The van der Waals surface area contributed by atoms with Gasteiger partial charge in [0.2, 0.25) is 0 Å². The van der Waals surface area contributed by atoms with Crippen molar-refractivity contribution in [3.8, 4) is 11.5 Å². The van der Waals surface area contributed by atoms with Gasteiger partial charge >= 0.3 is 0 Å². The zero-order chi connectivity index (χ0) is 13.0. The van der Waals surface area contributed by atoms with Gasteiger partial charge in [-0.1, -0.05) is 18.2 Å². The van der Waals surface area contributed by atoms with Gasteiger partial charge in [0.1, 0.15) is 11.5 Å². The highest BCUT2D eigenvalue weighted by atomic mass is 16.5. The molecule has 0 saturated carbocycles. The molecular weight excluding hydrogens is 228 g/mol. The van der Waals surface area contributed by atoms with Crippen LogP contribution in [0.5, 0.6) is 11.5 Å². The minimum atomic E-state index is -0.130. The largest absolute Gasteiger partial charge is 0.507 e. The fourth-order valence-corrected chi connectivity index (χ4v) is 1.67. The minimum absolute atomic E-state index is 0.00717. The predicted molar refractivity (Wildman–Crippen MR) is 68.0 cm³/mol. The van der Waals surface area contributed by atoms with E-state index in [1.54, 1.807) is 25.3 Å². The Morgan fingerprint density at radius 3 is 2.61 bits per heavy atom. The molecule has 0 aliphatic carbocycles. The molecule has 0 spiro atoms. The van der Waals surface area contributed by atoms with Crippen molar-refractivity contribution in [1.29, 1.82) is 0 Å². The number of benzene rings is 2. The molecule has 91 valence electrons. The lowest BCUT2D eigenvalue weighted by molar-refractivity contribution is 0.0990. The van der Waals surface area contributed by atoms with Crippen LogP contribution in [-0.4, -0.2) is 18.0 Å². The third-order valence-corrected chi connectivity index (χ3v) is 2.67. The van der Waals surface area contributed by atoms with E-state index < -0.39 is 0 Å². The van der Waals surface area contributed by atoms with E-state index in [0.29, 0.717) is 5.56 Å². The summed E-state index contributed by atoms with van der Waals surface area (Å²) in [6.07, 6.45) is 0.245. The second-order valence-corrected chi connectivity index (χ2v) is 3.89. The smallest absolute Gasteiger partial charge is 0.170 e. The summed E-state index contributed by atoms with van der Waals surface area (Å²) in [6, 6.07) is 14.6. The lowest BCUT2D eigenvalue weighted by Gasteiger charge is -2.04. The number of ketones is 1. The molecule has 0 bridgehead atoms. The van der Waals surface area contributed by atoms with E-state index in [2.05, 4.69) is 6.07 Å². The van der Waals surface area contributed by atoms with Crippen molar-refractivity contribution in [2.75, 3.05) is 7.11 Å². The molecule has 0 unspecified atom stereocenters. The molecule has 0 atom stereocenters. The van der Waals surface area contributed by atoms with Crippen LogP contribution in [0, 0.1) is 6.07 Å². The highest BCUT2D eigenvalue weighted by Crippen LogP contribution is 2.19. The summed E-state index contributed by atoms with van der Waals surface area (Å²) in [5.41, 5.74) is 1.18. The first-order valence-corrected chi connectivity index (χ1v) is 5.56. The summed E-state index contributed by atoms with van der Waals surface area (Å²) in [4.78, 5) is 12.0. The topological polar surface area (TPSA) is 46.5 Å². The number of methoxy groups -OCH3 is 1. The number of hydrogen-bond acceptors (Lipinski definition) is 3. The molecule has 1 radical (unpaired) electrons. The van der Waals surface area contributed by atoms with Crippen molar-refractivity contribution in [1.82, 2.24) is 0 Å². The highest BCUT2D eigenvalue weighted by molar-refractivity contribution is 5.99. The highest BCUT2D eigenvalue weighted by Gasteiger charge is 2.11. The SMILES string of the molecule is COc1ccc(CC(=O)c2c[c]ccc2O)cc1. The number of phenols is 1. The molecule has 3 nitrogen and oxygen atoms in total. The Labute approximate surface area is 106 Å². The molecule has 18 heavy (non-hydrogen) atoms. The summed E-state index contributed by atoms with van der Waals surface area (Å²) >= 11 is 0. The molecule has 3 heteroatoms. The Bertz CT molecular complexity index is 544. The number of phenolic OH excluding ortho intramolecular Hbond substituents is 1. The average molecular weight is 241 g/mol. The van der Waals surface area contributed by atoms with Crippen LogP contribution in [0.3, 0.4) is 0 Å². The maximum absolute atomic E-state index is 12.0. The van der Waals surface area contributed by atoms with Crippen molar-refractivity contribution in [2.45, 2.75) is 6.42 Å². The van der Waals surface area contributed by atoms with E-state index in [1.165, 1.54) is 12.1 Å². The van der Waals surface area contributed by atoms with E-state index in [-0.39, 0.29) is 18.0 Å². The number of ether oxygens (including phenoxy) is 1. The van der Waals surface area contributed by atoms with E-state index >= 15 is 0 Å². The number of carbonyl (C=O) groups is 1. The quantitative estimate of drug-likeness (QED) is 0.837. The van der Waals surface area contributed by atoms with Gasteiger partial charge in [-0.25, -0.2) is 0 Å². The molecule has 0 heterocycles. The Morgan fingerprint density at radius 1 is 1.28 bits per heavy atom. The van der Waals surface area contributed by atoms with E-state index in [4.69, 9.17) is 4.74 Å². The molecular formula is C15H13O3. The predicted octanol–water partition coefficient (Wildman–Crippen LogP) is 2.63. The molecule has 0 aliphatic rings.